The summed E-state index contributed by atoms with van der Waals surface area (Å²) in [5.41, 5.74) is 2.33. The lowest BCUT2D eigenvalue weighted by atomic mass is 10.1. The number of methoxy groups -OCH3 is 1. The molecule has 0 atom stereocenters. The monoisotopic (exact) mass is 415 g/mol. The fourth-order valence-electron chi connectivity index (χ4n) is 2.43. The van der Waals surface area contributed by atoms with Crippen molar-refractivity contribution in [3.8, 4) is 22.8 Å². The van der Waals surface area contributed by atoms with Crippen molar-refractivity contribution in [2.75, 3.05) is 25.5 Å². The van der Waals surface area contributed by atoms with E-state index in [1.54, 1.807) is 24.4 Å². The van der Waals surface area contributed by atoms with Gasteiger partial charge in [0, 0.05) is 12.1 Å². The van der Waals surface area contributed by atoms with Crippen LogP contribution < -0.4 is 15.4 Å². The third-order valence-electron chi connectivity index (χ3n) is 3.82. The first-order valence-corrected chi connectivity index (χ1v) is 9.12. The largest absolute Gasteiger partial charge is 0.503 e. The van der Waals surface area contributed by atoms with Gasteiger partial charge in [-0.05, 0) is 24.3 Å². The molecule has 0 spiro atoms. The molecule has 0 saturated carbocycles. The van der Waals surface area contributed by atoms with Crippen molar-refractivity contribution in [1.82, 2.24) is 20.3 Å². The normalized spacial score (nSPS) is 10.5. The number of hydrogen-bond donors (Lipinski definition) is 3. The fourth-order valence-corrected chi connectivity index (χ4v) is 2.80. The molecule has 9 heteroatoms. The highest BCUT2D eigenvalue weighted by atomic mass is 35.5. The second-order valence-electron chi connectivity index (χ2n) is 5.75. The van der Waals surface area contributed by atoms with E-state index in [0.717, 1.165) is 0 Å². The third kappa shape index (κ3) is 4.47. The van der Waals surface area contributed by atoms with Crippen LogP contribution in [-0.4, -0.2) is 45.2 Å². The molecule has 0 aliphatic carbocycles. The summed E-state index contributed by atoms with van der Waals surface area (Å²) in [4.78, 5) is 14.1. The summed E-state index contributed by atoms with van der Waals surface area (Å²) in [5, 5.41) is 16.3. The number of phenolic OH excluding ortho intramolecular Hbond substituents is 1. The molecule has 0 bridgehead atoms. The molecule has 3 aromatic rings. The van der Waals surface area contributed by atoms with E-state index in [9.17, 15) is 5.11 Å². The SMILES string of the molecule is C=CCNC(=S)CNc1ccc2ncc(-c3cc(Cl)c(O)c(OC)c3)nc2n1. The highest BCUT2D eigenvalue weighted by molar-refractivity contribution is 7.80. The molecule has 0 radical (unpaired) electrons. The second-order valence-corrected chi connectivity index (χ2v) is 6.65. The Morgan fingerprint density at radius 1 is 1.36 bits per heavy atom. The lowest BCUT2D eigenvalue weighted by Gasteiger charge is -2.10. The molecule has 0 amide bonds. The van der Waals surface area contributed by atoms with E-state index in [0.29, 0.717) is 46.3 Å². The third-order valence-corrected chi connectivity index (χ3v) is 4.40. The molecule has 0 aliphatic rings. The minimum absolute atomic E-state index is 0.118. The zero-order valence-corrected chi connectivity index (χ0v) is 16.6. The molecular formula is C19H18ClN5O2S. The van der Waals surface area contributed by atoms with E-state index in [1.165, 1.54) is 7.11 Å². The molecule has 2 heterocycles. The maximum atomic E-state index is 9.90. The van der Waals surface area contributed by atoms with E-state index in [-0.39, 0.29) is 16.5 Å². The molecular weight excluding hydrogens is 398 g/mol. The first kappa shape index (κ1) is 19.8. The quantitative estimate of drug-likeness (QED) is 0.398. The molecule has 0 fully saturated rings. The molecule has 0 aliphatic heterocycles. The Kier molecular flexibility index (Phi) is 6.23. The number of pyridine rings is 1. The number of phenols is 1. The van der Waals surface area contributed by atoms with Gasteiger partial charge in [0.25, 0.3) is 0 Å². The number of benzene rings is 1. The number of anilines is 1. The van der Waals surface area contributed by atoms with E-state index < -0.39 is 0 Å². The summed E-state index contributed by atoms with van der Waals surface area (Å²) in [6, 6.07) is 6.88. The van der Waals surface area contributed by atoms with Crippen LogP contribution in [0.5, 0.6) is 11.5 Å². The highest BCUT2D eigenvalue weighted by Gasteiger charge is 2.12. The average Bonchev–Trinajstić information content (AvgIpc) is 2.71. The standard InChI is InChI=1S/C19H18ClN5O2S/c1-3-6-21-17(28)10-23-16-5-4-13-19(25-16)24-14(9-22-13)11-7-12(20)18(26)15(8-11)27-2/h3-5,7-9,26H,1,6,10H2,2H3,(H,21,28)(H,23,24,25). The van der Waals surface area contributed by atoms with Gasteiger partial charge in [-0.15, -0.1) is 6.58 Å². The molecule has 3 N–H and O–H groups in total. The van der Waals surface area contributed by atoms with Gasteiger partial charge in [0.15, 0.2) is 17.1 Å². The van der Waals surface area contributed by atoms with Crippen molar-refractivity contribution in [2.24, 2.45) is 0 Å². The number of rotatable bonds is 7. The maximum absolute atomic E-state index is 9.90. The number of halogens is 1. The van der Waals surface area contributed by atoms with Gasteiger partial charge in [0.05, 0.1) is 35.6 Å². The summed E-state index contributed by atoms with van der Waals surface area (Å²) in [5.74, 6) is 0.767. The minimum Gasteiger partial charge on any atom is -0.503 e. The molecule has 3 rings (SSSR count). The van der Waals surface area contributed by atoms with Crippen LogP contribution in [0.2, 0.25) is 5.02 Å². The zero-order chi connectivity index (χ0) is 20.1. The Morgan fingerprint density at radius 2 is 2.18 bits per heavy atom. The first-order chi connectivity index (χ1) is 13.5. The highest BCUT2D eigenvalue weighted by Crippen LogP contribution is 2.37. The van der Waals surface area contributed by atoms with Crippen LogP contribution in [0.25, 0.3) is 22.4 Å². The Bertz CT molecular complexity index is 1040. The Balaban J connectivity index is 1.87. The van der Waals surface area contributed by atoms with Crippen LogP contribution in [0.4, 0.5) is 5.82 Å². The van der Waals surface area contributed by atoms with Gasteiger partial charge in [0.1, 0.15) is 11.3 Å². The van der Waals surface area contributed by atoms with Crippen molar-refractivity contribution >= 4 is 45.8 Å². The van der Waals surface area contributed by atoms with Crippen molar-refractivity contribution in [2.45, 2.75) is 0 Å². The van der Waals surface area contributed by atoms with Gasteiger partial charge in [0.2, 0.25) is 0 Å². The topological polar surface area (TPSA) is 92.2 Å². The number of ether oxygens (including phenoxy) is 1. The lowest BCUT2D eigenvalue weighted by Crippen LogP contribution is -2.28. The molecule has 7 nitrogen and oxygen atoms in total. The molecule has 0 saturated heterocycles. The number of hydrogen-bond acceptors (Lipinski definition) is 7. The van der Waals surface area contributed by atoms with Gasteiger partial charge >= 0.3 is 0 Å². The maximum Gasteiger partial charge on any atom is 0.180 e. The number of aromatic hydroxyl groups is 1. The van der Waals surface area contributed by atoms with E-state index >= 15 is 0 Å². The van der Waals surface area contributed by atoms with Crippen LogP contribution in [-0.2, 0) is 0 Å². The van der Waals surface area contributed by atoms with Gasteiger partial charge in [-0.2, -0.15) is 0 Å². The van der Waals surface area contributed by atoms with Crippen molar-refractivity contribution in [3.05, 3.63) is 48.1 Å². The van der Waals surface area contributed by atoms with Crippen molar-refractivity contribution < 1.29 is 9.84 Å². The predicted molar refractivity (Wildman–Crippen MR) is 115 cm³/mol. The fraction of sp³-hybridized carbons (Fsp3) is 0.158. The van der Waals surface area contributed by atoms with Crippen LogP contribution in [0.3, 0.4) is 0 Å². The van der Waals surface area contributed by atoms with Gasteiger partial charge in [-0.25, -0.2) is 9.97 Å². The molecule has 0 unspecified atom stereocenters. The molecule has 1 aromatic carbocycles. The number of nitrogens with zero attached hydrogens (tertiary/aromatic N) is 3. The number of thiocarbonyl (C=S) groups is 1. The minimum atomic E-state index is -0.118. The summed E-state index contributed by atoms with van der Waals surface area (Å²) in [6.07, 6.45) is 3.36. The predicted octanol–water partition coefficient (Wildman–Crippen LogP) is 3.57. The van der Waals surface area contributed by atoms with Gasteiger partial charge in [-0.1, -0.05) is 29.9 Å². The molecule has 144 valence electrons. The molecule has 28 heavy (non-hydrogen) atoms. The molecule has 2 aromatic heterocycles. The number of fused-ring (bicyclic) bond motifs is 1. The summed E-state index contributed by atoms with van der Waals surface area (Å²) >= 11 is 11.3. The number of aromatic nitrogens is 3. The van der Waals surface area contributed by atoms with Crippen molar-refractivity contribution in [1.29, 1.82) is 0 Å². The summed E-state index contributed by atoms with van der Waals surface area (Å²) in [6.45, 7) is 4.69. The van der Waals surface area contributed by atoms with E-state index in [2.05, 4.69) is 32.2 Å². The van der Waals surface area contributed by atoms with Crippen LogP contribution in [0, 0.1) is 0 Å². The first-order valence-electron chi connectivity index (χ1n) is 8.34. The smallest absolute Gasteiger partial charge is 0.180 e. The van der Waals surface area contributed by atoms with E-state index in [4.69, 9.17) is 28.6 Å². The van der Waals surface area contributed by atoms with Crippen LogP contribution in [0.1, 0.15) is 0 Å². The van der Waals surface area contributed by atoms with Crippen LogP contribution in [0.15, 0.2) is 43.1 Å². The lowest BCUT2D eigenvalue weighted by molar-refractivity contribution is 0.374. The Hall–Kier alpha value is -2.97. The second kappa shape index (κ2) is 8.81. The zero-order valence-electron chi connectivity index (χ0n) is 15.1. The Morgan fingerprint density at radius 3 is 2.93 bits per heavy atom. The van der Waals surface area contributed by atoms with Crippen LogP contribution >= 0.6 is 23.8 Å². The summed E-state index contributed by atoms with van der Waals surface area (Å²) < 4.78 is 5.14. The summed E-state index contributed by atoms with van der Waals surface area (Å²) in [7, 11) is 1.45. The number of nitrogens with one attached hydrogen (secondary N) is 2. The van der Waals surface area contributed by atoms with Crippen molar-refractivity contribution in [3.63, 3.8) is 0 Å². The van der Waals surface area contributed by atoms with Gasteiger partial charge < -0.3 is 20.5 Å². The average molecular weight is 416 g/mol. The van der Waals surface area contributed by atoms with E-state index in [1.807, 2.05) is 12.1 Å². The van der Waals surface area contributed by atoms with Gasteiger partial charge in [-0.3, -0.25) is 4.98 Å². The Labute approximate surface area is 172 Å².